The third kappa shape index (κ3) is 6.94. The molecule has 0 radical (unpaired) electrons. The number of rotatable bonds is 9. The first-order valence-electron chi connectivity index (χ1n) is 11.3. The summed E-state index contributed by atoms with van der Waals surface area (Å²) < 4.78 is 27.5. The predicted molar refractivity (Wildman–Crippen MR) is 145 cm³/mol. The molecule has 4 rings (SSSR count). The quantitative estimate of drug-likeness (QED) is 0.284. The van der Waals surface area contributed by atoms with Crippen LogP contribution in [0, 0.1) is 18.3 Å². The number of aryl methyl sites for hydroxylation is 1. The molecule has 0 saturated heterocycles. The second-order valence-electron chi connectivity index (χ2n) is 8.02. The van der Waals surface area contributed by atoms with Crippen LogP contribution >= 0.6 is 11.8 Å². The van der Waals surface area contributed by atoms with Gasteiger partial charge in [-0.05, 0) is 55.5 Å². The van der Waals surface area contributed by atoms with Gasteiger partial charge in [0.05, 0.1) is 16.2 Å². The Labute approximate surface area is 219 Å². The molecule has 0 saturated carbocycles. The summed E-state index contributed by atoms with van der Waals surface area (Å²) in [5.74, 6) is 0.407. The molecule has 0 atom stereocenters. The molecule has 0 fully saturated rings. The van der Waals surface area contributed by atoms with E-state index in [1.54, 1.807) is 24.3 Å². The van der Waals surface area contributed by atoms with Crippen molar-refractivity contribution in [2.75, 3.05) is 15.8 Å². The first-order valence-corrected chi connectivity index (χ1v) is 13.8. The normalized spacial score (nSPS) is 10.9. The van der Waals surface area contributed by atoms with Crippen molar-refractivity contribution < 1.29 is 13.2 Å². The molecule has 2 N–H and O–H groups in total. The fraction of sp³-hybridized carbons (Fsp3) is 0.111. The van der Waals surface area contributed by atoms with E-state index < -0.39 is 10.0 Å². The molecular formula is C27H23N5O3S2. The third-order valence-corrected chi connectivity index (χ3v) is 7.61. The number of thioether (sulfide) groups is 1. The highest BCUT2D eigenvalue weighted by Crippen LogP contribution is 2.26. The minimum Gasteiger partial charge on any atom is -0.326 e. The van der Waals surface area contributed by atoms with Crippen molar-refractivity contribution in [1.82, 2.24) is 9.97 Å². The van der Waals surface area contributed by atoms with Crippen molar-refractivity contribution in [3.05, 3.63) is 96.2 Å². The number of anilines is 2. The number of benzene rings is 2. The predicted octanol–water partition coefficient (Wildman–Crippen LogP) is 5.25. The van der Waals surface area contributed by atoms with E-state index in [1.165, 1.54) is 42.2 Å². The van der Waals surface area contributed by atoms with Gasteiger partial charge < -0.3 is 5.32 Å². The van der Waals surface area contributed by atoms with Gasteiger partial charge in [0, 0.05) is 29.6 Å². The van der Waals surface area contributed by atoms with Gasteiger partial charge in [0.25, 0.3) is 10.0 Å². The van der Waals surface area contributed by atoms with Gasteiger partial charge in [0.2, 0.25) is 5.91 Å². The highest BCUT2D eigenvalue weighted by molar-refractivity contribution is 7.99. The van der Waals surface area contributed by atoms with Gasteiger partial charge in [0.1, 0.15) is 16.9 Å². The summed E-state index contributed by atoms with van der Waals surface area (Å²) in [6, 6.07) is 24.5. The van der Waals surface area contributed by atoms with Crippen LogP contribution in [0.5, 0.6) is 0 Å². The number of nitrogens with zero attached hydrogens (tertiary/aromatic N) is 3. The lowest BCUT2D eigenvalue weighted by Crippen LogP contribution is -2.15. The Morgan fingerprint density at radius 2 is 1.76 bits per heavy atom. The molecule has 0 aliphatic heterocycles. The number of carbonyl (C=O) groups excluding carboxylic acids is 1. The van der Waals surface area contributed by atoms with E-state index >= 15 is 0 Å². The van der Waals surface area contributed by atoms with E-state index in [9.17, 15) is 18.5 Å². The van der Waals surface area contributed by atoms with E-state index in [0.29, 0.717) is 22.0 Å². The molecule has 2 aromatic heterocycles. The van der Waals surface area contributed by atoms with Gasteiger partial charge in [-0.1, -0.05) is 35.9 Å². The lowest BCUT2D eigenvalue weighted by molar-refractivity contribution is -0.115. The van der Waals surface area contributed by atoms with Crippen molar-refractivity contribution in [3.8, 4) is 17.3 Å². The fourth-order valence-electron chi connectivity index (χ4n) is 3.32. The Bertz CT molecular complexity index is 1530. The number of pyridine rings is 2. The van der Waals surface area contributed by atoms with Gasteiger partial charge in [-0.3, -0.25) is 9.52 Å². The highest BCUT2D eigenvalue weighted by Gasteiger charge is 2.15. The van der Waals surface area contributed by atoms with E-state index in [2.05, 4.69) is 26.1 Å². The number of aromatic nitrogens is 2. The van der Waals surface area contributed by atoms with Crippen LogP contribution in [-0.2, 0) is 14.8 Å². The Kier molecular flexibility index (Phi) is 8.18. The summed E-state index contributed by atoms with van der Waals surface area (Å²) in [5.41, 5.74) is 3.80. The van der Waals surface area contributed by atoms with Crippen molar-refractivity contribution in [1.29, 1.82) is 5.26 Å². The van der Waals surface area contributed by atoms with E-state index in [1.807, 2.05) is 37.3 Å². The highest BCUT2D eigenvalue weighted by atomic mass is 32.2. The second kappa shape index (κ2) is 11.7. The molecule has 2 aromatic carbocycles. The summed E-state index contributed by atoms with van der Waals surface area (Å²) in [6.45, 7) is 2.01. The lowest BCUT2D eigenvalue weighted by atomic mass is 10.1. The zero-order valence-electron chi connectivity index (χ0n) is 19.9. The number of carbonyl (C=O) groups is 1. The van der Waals surface area contributed by atoms with Crippen LogP contribution in [0.15, 0.2) is 95.0 Å². The second-order valence-corrected chi connectivity index (χ2v) is 10.8. The summed E-state index contributed by atoms with van der Waals surface area (Å²) in [4.78, 5) is 21.1. The first kappa shape index (κ1) is 25.9. The largest absolute Gasteiger partial charge is 0.326 e. The maximum absolute atomic E-state index is 12.5. The van der Waals surface area contributed by atoms with Crippen LogP contribution in [0.3, 0.4) is 0 Å². The molecule has 8 nitrogen and oxygen atoms in total. The number of sulfonamides is 1. The van der Waals surface area contributed by atoms with Crippen molar-refractivity contribution in [2.45, 2.75) is 23.3 Å². The van der Waals surface area contributed by atoms with Gasteiger partial charge in [-0.2, -0.15) is 5.26 Å². The number of amides is 1. The van der Waals surface area contributed by atoms with Crippen molar-refractivity contribution in [2.24, 2.45) is 0 Å². The molecule has 0 bridgehead atoms. The molecule has 37 heavy (non-hydrogen) atoms. The Balaban J connectivity index is 1.33. The summed E-state index contributed by atoms with van der Waals surface area (Å²) in [5, 5.41) is 12.8. The van der Waals surface area contributed by atoms with Gasteiger partial charge >= 0.3 is 0 Å². The third-order valence-electron chi connectivity index (χ3n) is 5.25. The average molecular weight is 530 g/mol. The SMILES string of the molecule is Cc1ccc(-c2ccc(C#N)c(SCCC(=O)Nc3ccc(S(=O)(=O)Nc4ccccn4)cc3)n2)cc1. The standard InChI is InChI=1S/C27H23N5O3S2/c1-19-5-7-20(8-6-19)24-14-9-21(18-28)27(31-24)36-17-15-26(33)30-22-10-12-23(13-11-22)37(34,35)32-25-4-2-3-16-29-25/h2-14,16H,15,17H2,1H3,(H,29,32)(H,30,33). The molecule has 2 heterocycles. The van der Waals surface area contributed by atoms with Crippen molar-refractivity contribution >= 4 is 39.2 Å². The molecular weight excluding hydrogens is 506 g/mol. The topological polar surface area (TPSA) is 125 Å². The maximum atomic E-state index is 12.5. The maximum Gasteiger partial charge on any atom is 0.263 e. The number of nitrogens with one attached hydrogen (secondary N) is 2. The first-order chi connectivity index (χ1) is 17.8. The average Bonchev–Trinajstić information content (AvgIpc) is 2.90. The van der Waals surface area contributed by atoms with Crippen LogP contribution in [0.1, 0.15) is 17.5 Å². The minimum absolute atomic E-state index is 0.0512. The fourth-order valence-corrected chi connectivity index (χ4v) is 5.24. The number of hydrogen-bond acceptors (Lipinski definition) is 7. The molecule has 0 spiro atoms. The molecule has 4 aromatic rings. The monoisotopic (exact) mass is 529 g/mol. The zero-order chi connectivity index (χ0) is 26.3. The molecule has 0 aliphatic rings. The van der Waals surface area contributed by atoms with Crippen LogP contribution in [0.25, 0.3) is 11.3 Å². The van der Waals surface area contributed by atoms with E-state index in [0.717, 1.165) is 16.8 Å². The minimum atomic E-state index is -3.80. The van der Waals surface area contributed by atoms with Gasteiger partial charge in [0.15, 0.2) is 0 Å². The Morgan fingerprint density at radius 3 is 2.43 bits per heavy atom. The summed E-state index contributed by atoms with van der Waals surface area (Å²) in [6.07, 6.45) is 1.68. The molecule has 186 valence electrons. The molecule has 1 amide bonds. The number of nitriles is 1. The Hall–Kier alpha value is -4.20. The van der Waals surface area contributed by atoms with E-state index in [4.69, 9.17) is 0 Å². The molecule has 10 heteroatoms. The zero-order valence-corrected chi connectivity index (χ0v) is 21.5. The molecule has 0 unspecified atom stereocenters. The van der Waals surface area contributed by atoms with Crippen LogP contribution in [-0.4, -0.2) is 30.0 Å². The van der Waals surface area contributed by atoms with Crippen LogP contribution in [0.2, 0.25) is 0 Å². The Morgan fingerprint density at radius 1 is 1.00 bits per heavy atom. The van der Waals surface area contributed by atoms with Crippen molar-refractivity contribution in [3.63, 3.8) is 0 Å². The summed E-state index contributed by atoms with van der Waals surface area (Å²) >= 11 is 1.34. The van der Waals surface area contributed by atoms with Gasteiger partial charge in [-0.15, -0.1) is 11.8 Å². The lowest BCUT2D eigenvalue weighted by Gasteiger charge is -2.09. The number of hydrogen-bond donors (Lipinski definition) is 2. The van der Waals surface area contributed by atoms with Gasteiger partial charge in [-0.25, -0.2) is 18.4 Å². The smallest absolute Gasteiger partial charge is 0.263 e. The summed E-state index contributed by atoms with van der Waals surface area (Å²) in [7, 11) is -3.80. The van der Waals surface area contributed by atoms with Crippen LogP contribution < -0.4 is 10.0 Å². The van der Waals surface area contributed by atoms with Crippen LogP contribution in [0.4, 0.5) is 11.5 Å². The van der Waals surface area contributed by atoms with E-state index in [-0.39, 0.29) is 23.0 Å². The molecule has 0 aliphatic carbocycles.